The van der Waals surface area contributed by atoms with Crippen molar-refractivity contribution < 1.29 is 13.3 Å². The number of hydrogen-bond donors (Lipinski definition) is 0. The number of hydrogen-bond acceptors (Lipinski definition) is 8. The molecule has 0 atom stereocenters. The van der Waals surface area contributed by atoms with E-state index in [-0.39, 0.29) is 0 Å². The van der Waals surface area contributed by atoms with Crippen molar-refractivity contribution in [2.45, 2.75) is 0 Å². The zero-order valence-corrected chi connectivity index (χ0v) is 81.5. The standard InChI is InChI=1S/3C34H20OS.C34H20S2/c1-2-10-24-22(8-1)23-9-3-4-11-25(23)29-20-21(16-17-26(24)29)30-18-19-31(35-30)27-13-7-15-33-34(27)28-12-5-6-14-32(28)36-33;1-2-10-24-22(8-1)23-9-3-4-11-25(23)29-20-21(16-17-26(24)29)32-18-19-33(36-32)28-13-7-15-31-34(28)27-12-5-6-14-30(27)35-31;1-2-9-25-23(7-1)24-8-3-4-10-26(24)29-19-21(13-15-27(25)29)33-17-18-34(36-33)22-14-16-32-30(20-22)28-11-5-6-12-31(28)35-32;1-2-10-24-22(8-1)23-9-3-4-11-25(23)29-20-21(16-17-26(24)29)30-18-19-32(35-30)28-13-7-15-33-34(28)27-12-5-6-14-31(27)36-33/h4*1-20H. The lowest BCUT2D eigenvalue weighted by molar-refractivity contribution is 0.598. The Labute approximate surface area is 846 Å². The molecule has 32 aromatic rings. The molecule has 8 heterocycles. The van der Waals surface area contributed by atoms with Gasteiger partial charge in [-0.2, -0.15) is 0 Å². The van der Waals surface area contributed by atoms with E-state index in [1.54, 1.807) is 0 Å². The lowest BCUT2D eigenvalue weighted by Gasteiger charge is -2.11. The lowest BCUT2D eigenvalue weighted by atomic mass is 9.93. The maximum Gasteiger partial charge on any atom is 0.136 e. The van der Waals surface area contributed by atoms with Crippen molar-refractivity contribution in [3.63, 3.8) is 0 Å². The highest BCUT2D eigenvalue weighted by atomic mass is 32.1. The van der Waals surface area contributed by atoms with Crippen LogP contribution in [0.3, 0.4) is 0 Å². The molecular weight excluding hydrogens is 1840 g/mol. The van der Waals surface area contributed by atoms with Gasteiger partial charge in [0.15, 0.2) is 0 Å². The molecule has 0 saturated heterocycles. The monoisotopic (exact) mass is 1920 g/mol. The Morgan fingerprint density at radius 2 is 0.368 bits per heavy atom. The highest BCUT2D eigenvalue weighted by molar-refractivity contribution is 7.26. The molecule has 0 aliphatic heterocycles. The molecule has 0 unspecified atom stereocenters. The van der Waals surface area contributed by atoms with E-state index < -0.39 is 0 Å². The SMILES string of the molecule is c1ccc2c(c1)oc1ccc(-c3ccc(-c4ccc5c6ccccc6c6ccccc6c5c4)s3)cc12.c1ccc2c(c1)oc1cccc(-c3ccc(-c4ccc5c6ccccc6c6ccccc6c5c4)s3)c12.c1ccc2c(c1)sc1cccc(-c3ccc(-c4ccc5c6ccccc6c6ccccc6c5c4)o3)c12.c1ccc2c(c1)sc1cccc(-c3ccc(-c4ccc5c6ccccc6c6ccccc6c5c4)s3)c12. The van der Waals surface area contributed by atoms with Gasteiger partial charge in [0.05, 0.1) is 0 Å². The third kappa shape index (κ3) is 14.0. The van der Waals surface area contributed by atoms with Crippen LogP contribution < -0.4 is 0 Å². The zero-order chi connectivity index (χ0) is 94.6. The first-order chi connectivity index (χ1) is 71.4. The summed E-state index contributed by atoms with van der Waals surface area (Å²) in [6, 6.07) is 175. The molecule has 32 rings (SSSR count). The van der Waals surface area contributed by atoms with Gasteiger partial charge >= 0.3 is 0 Å². The third-order valence-corrected chi connectivity index (χ3v) is 35.0. The van der Waals surface area contributed by atoms with E-state index in [1.807, 2.05) is 80.9 Å². The van der Waals surface area contributed by atoms with Crippen molar-refractivity contribution in [2.24, 2.45) is 0 Å². The molecule has 0 amide bonds. The number of para-hydroxylation sites is 2. The Kier molecular flexibility index (Phi) is 20.0. The smallest absolute Gasteiger partial charge is 0.136 e. The van der Waals surface area contributed by atoms with Gasteiger partial charge in [-0.1, -0.05) is 352 Å². The van der Waals surface area contributed by atoms with E-state index in [0.29, 0.717) is 0 Å². The van der Waals surface area contributed by atoms with Crippen molar-refractivity contribution >= 4 is 270 Å². The quantitative estimate of drug-likeness (QED) is 0.142. The van der Waals surface area contributed by atoms with Gasteiger partial charge in [-0.25, -0.2) is 0 Å². The molecule has 672 valence electrons. The van der Waals surface area contributed by atoms with Crippen LogP contribution in [0.25, 0.3) is 299 Å². The molecule has 0 bridgehead atoms. The summed E-state index contributed by atoms with van der Waals surface area (Å²) in [6.07, 6.45) is 0. The van der Waals surface area contributed by atoms with Gasteiger partial charge in [0.2, 0.25) is 0 Å². The van der Waals surface area contributed by atoms with Crippen LogP contribution in [0.2, 0.25) is 0 Å². The van der Waals surface area contributed by atoms with E-state index in [4.69, 9.17) is 13.3 Å². The van der Waals surface area contributed by atoms with Gasteiger partial charge < -0.3 is 13.3 Å². The maximum absolute atomic E-state index is 6.54. The summed E-state index contributed by atoms with van der Waals surface area (Å²) in [7, 11) is 0. The molecule has 0 fully saturated rings. The molecule has 0 aliphatic carbocycles. The normalized spacial score (nSPS) is 11.9. The Morgan fingerprint density at radius 3 is 0.778 bits per heavy atom. The van der Waals surface area contributed by atoms with E-state index in [9.17, 15) is 0 Å². The fourth-order valence-electron chi connectivity index (χ4n) is 22.6. The molecular formula is C136H80O3S5. The van der Waals surface area contributed by atoms with E-state index in [0.717, 1.165) is 45.0 Å². The van der Waals surface area contributed by atoms with E-state index in [2.05, 4.69) is 461 Å². The molecule has 0 spiro atoms. The Morgan fingerprint density at radius 1 is 0.118 bits per heavy atom. The molecule has 8 aromatic heterocycles. The first-order valence-corrected chi connectivity index (χ1v) is 52.8. The summed E-state index contributed by atoms with van der Waals surface area (Å²) in [5, 5.41) is 41.3. The van der Waals surface area contributed by atoms with Crippen molar-refractivity contribution in [2.75, 3.05) is 0 Å². The van der Waals surface area contributed by atoms with Crippen molar-refractivity contribution in [3.8, 4) is 85.3 Å². The summed E-state index contributed by atoms with van der Waals surface area (Å²) in [5.74, 6) is 1.79. The maximum atomic E-state index is 6.54. The topological polar surface area (TPSA) is 39.4 Å². The number of furan rings is 3. The fourth-order valence-corrected chi connectivity index (χ4v) is 28.0. The second kappa shape index (κ2) is 34.4. The van der Waals surface area contributed by atoms with Gasteiger partial charge in [0.1, 0.15) is 33.9 Å². The summed E-state index contributed by atoms with van der Waals surface area (Å²) < 4.78 is 24.0. The first kappa shape index (κ1) is 83.8. The third-order valence-electron chi connectivity index (χ3n) is 29.2. The molecule has 144 heavy (non-hydrogen) atoms. The Balaban J connectivity index is 0.0000000913. The summed E-state index contributed by atoms with van der Waals surface area (Å²) in [4.78, 5) is 7.70. The van der Waals surface area contributed by atoms with Crippen LogP contribution in [0.5, 0.6) is 0 Å². The summed E-state index contributed by atoms with van der Waals surface area (Å²) in [6.45, 7) is 0. The van der Waals surface area contributed by atoms with Crippen LogP contribution in [0.15, 0.2) is 499 Å². The predicted molar refractivity (Wildman–Crippen MR) is 626 cm³/mol. The average Bonchev–Trinajstić information content (AvgIpc) is 1.11. The van der Waals surface area contributed by atoms with Crippen LogP contribution in [-0.2, 0) is 0 Å². The van der Waals surface area contributed by atoms with E-state index in [1.165, 1.54) is 254 Å². The second-order valence-corrected chi connectivity index (χ2v) is 42.6. The number of fused-ring (bicyclic) bond motifs is 36. The number of rotatable bonds is 8. The van der Waals surface area contributed by atoms with Crippen LogP contribution in [-0.4, -0.2) is 0 Å². The Bertz CT molecular complexity index is 10000. The summed E-state index contributed by atoms with van der Waals surface area (Å²) in [5.41, 5.74) is 13.6. The molecule has 3 nitrogen and oxygen atoms in total. The van der Waals surface area contributed by atoms with E-state index >= 15 is 0 Å². The van der Waals surface area contributed by atoms with Crippen LogP contribution >= 0.6 is 56.7 Å². The average molecular weight is 1920 g/mol. The molecule has 0 saturated carbocycles. The van der Waals surface area contributed by atoms with Crippen molar-refractivity contribution in [3.05, 3.63) is 485 Å². The largest absolute Gasteiger partial charge is 0.456 e. The molecule has 0 radical (unpaired) electrons. The van der Waals surface area contributed by atoms with Crippen LogP contribution in [0, 0.1) is 0 Å². The van der Waals surface area contributed by atoms with Gasteiger partial charge in [0, 0.05) is 113 Å². The van der Waals surface area contributed by atoms with Gasteiger partial charge in [-0.05, 0) is 285 Å². The molecule has 24 aromatic carbocycles. The van der Waals surface area contributed by atoms with Gasteiger partial charge in [0.25, 0.3) is 0 Å². The summed E-state index contributed by atoms with van der Waals surface area (Å²) >= 11 is 9.29. The number of thiophene rings is 5. The van der Waals surface area contributed by atoms with Gasteiger partial charge in [-0.15, -0.1) is 56.7 Å². The molecule has 0 aliphatic rings. The first-order valence-electron chi connectivity index (χ1n) is 48.8. The lowest BCUT2D eigenvalue weighted by Crippen LogP contribution is -1.84. The van der Waals surface area contributed by atoms with Gasteiger partial charge in [-0.3, -0.25) is 0 Å². The zero-order valence-electron chi connectivity index (χ0n) is 77.5. The highest BCUT2D eigenvalue weighted by Crippen LogP contribution is 2.51. The van der Waals surface area contributed by atoms with Crippen molar-refractivity contribution in [1.82, 2.24) is 0 Å². The second-order valence-electron chi connectivity index (χ2n) is 37.2. The van der Waals surface area contributed by atoms with Crippen molar-refractivity contribution in [1.29, 1.82) is 0 Å². The molecule has 8 heteroatoms. The highest BCUT2D eigenvalue weighted by Gasteiger charge is 2.23. The fraction of sp³-hybridized carbons (Fsp3) is 0. The number of benzene rings is 24. The molecule has 0 N–H and O–H groups in total. The van der Waals surface area contributed by atoms with Crippen LogP contribution in [0.4, 0.5) is 0 Å². The minimum absolute atomic E-state index is 0.890. The minimum Gasteiger partial charge on any atom is -0.456 e. The minimum atomic E-state index is 0.890. The van der Waals surface area contributed by atoms with Crippen LogP contribution in [0.1, 0.15) is 0 Å². The predicted octanol–water partition coefficient (Wildman–Crippen LogP) is 42.2. The Hall–Kier alpha value is -17.2.